The molecule has 0 aliphatic carbocycles. The predicted octanol–water partition coefficient (Wildman–Crippen LogP) is 2.75. The van der Waals surface area contributed by atoms with Gasteiger partial charge in [-0.15, -0.1) is 0 Å². The number of anilines is 1. The minimum atomic E-state index is 0.194. The van der Waals surface area contributed by atoms with E-state index in [2.05, 4.69) is 4.90 Å². The maximum absolute atomic E-state index is 11.8. The van der Waals surface area contributed by atoms with Crippen LogP contribution in [0.4, 0.5) is 5.69 Å². The summed E-state index contributed by atoms with van der Waals surface area (Å²) < 4.78 is 5.03. The van der Waals surface area contributed by atoms with E-state index in [0.29, 0.717) is 6.42 Å². The second-order valence-electron chi connectivity index (χ2n) is 4.06. The van der Waals surface area contributed by atoms with Crippen molar-refractivity contribution >= 4 is 11.5 Å². The highest BCUT2D eigenvalue weighted by Crippen LogP contribution is 2.20. The smallest absolute Gasteiger partial charge is 0.164 e. The summed E-state index contributed by atoms with van der Waals surface area (Å²) in [4.78, 5) is 13.9. The predicted molar refractivity (Wildman–Crippen MR) is 70.8 cm³/mol. The molecule has 0 amide bonds. The number of carbonyl (C=O) groups is 1. The maximum atomic E-state index is 11.8. The molecule has 0 aromatic heterocycles. The zero-order valence-electron chi connectivity index (χ0n) is 10.9. The minimum absolute atomic E-state index is 0.194. The number of benzene rings is 1. The highest BCUT2D eigenvalue weighted by atomic mass is 16.5. The summed E-state index contributed by atoms with van der Waals surface area (Å²) in [6.07, 6.45) is 1.50. The average Bonchev–Trinajstić information content (AvgIpc) is 2.38. The van der Waals surface area contributed by atoms with Gasteiger partial charge in [0.2, 0.25) is 0 Å². The lowest BCUT2D eigenvalue weighted by Crippen LogP contribution is -2.22. The standard InChI is InChI=1S/C14H21NO2/c1-4-14(16)12-8-5-6-9-13(12)15(2)10-7-11-17-3/h5-6,8-9H,4,7,10-11H2,1-3H3. The number of ketones is 1. The fraction of sp³-hybridized carbons (Fsp3) is 0.500. The molecule has 1 aromatic rings. The number of para-hydroxylation sites is 1. The van der Waals surface area contributed by atoms with Gasteiger partial charge < -0.3 is 9.64 Å². The molecule has 0 bridgehead atoms. The molecule has 17 heavy (non-hydrogen) atoms. The first-order valence-corrected chi connectivity index (χ1v) is 6.03. The van der Waals surface area contributed by atoms with Crippen molar-refractivity contribution < 1.29 is 9.53 Å². The van der Waals surface area contributed by atoms with E-state index in [-0.39, 0.29) is 5.78 Å². The Kier molecular flexibility index (Phi) is 5.70. The van der Waals surface area contributed by atoms with Crippen LogP contribution < -0.4 is 4.90 Å². The van der Waals surface area contributed by atoms with E-state index >= 15 is 0 Å². The third-order valence-corrected chi connectivity index (χ3v) is 2.78. The molecule has 0 spiro atoms. The first kappa shape index (κ1) is 13.7. The number of methoxy groups -OCH3 is 1. The van der Waals surface area contributed by atoms with Gasteiger partial charge in [-0.3, -0.25) is 4.79 Å². The van der Waals surface area contributed by atoms with Crippen LogP contribution in [-0.4, -0.2) is 33.1 Å². The van der Waals surface area contributed by atoms with Crippen molar-refractivity contribution in [1.82, 2.24) is 0 Å². The molecule has 0 saturated heterocycles. The molecule has 0 atom stereocenters. The molecule has 0 aliphatic heterocycles. The van der Waals surface area contributed by atoms with Crippen LogP contribution >= 0.6 is 0 Å². The number of nitrogens with zero attached hydrogens (tertiary/aromatic N) is 1. The van der Waals surface area contributed by atoms with Gasteiger partial charge >= 0.3 is 0 Å². The van der Waals surface area contributed by atoms with Crippen LogP contribution in [0.1, 0.15) is 30.1 Å². The number of carbonyl (C=O) groups excluding carboxylic acids is 1. The van der Waals surface area contributed by atoms with E-state index in [9.17, 15) is 4.79 Å². The van der Waals surface area contributed by atoms with Crippen LogP contribution in [0.2, 0.25) is 0 Å². The van der Waals surface area contributed by atoms with Crippen LogP contribution in [0.5, 0.6) is 0 Å². The number of rotatable bonds is 7. The summed E-state index contributed by atoms with van der Waals surface area (Å²) in [6.45, 7) is 3.53. The molecule has 1 rings (SSSR count). The molecule has 0 saturated carbocycles. The molecule has 0 fully saturated rings. The summed E-state index contributed by atoms with van der Waals surface area (Å²) in [5.41, 5.74) is 1.82. The average molecular weight is 235 g/mol. The Hall–Kier alpha value is -1.35. The first-order valence-electron chi connectivity index (χ1n) is 6.03. The minimum Gasteiger partial charge on any atom is -0.385 e. The van der Waals surface area contributed by atoms with Crippen molar-refractivity contribution in [2.24, 2.45) is 0 Å². The highest BCUT2D eigenvalue weighted by molar-refractivity contribution is 6.01. The van der Waals surface area contributed by atoms with Crippen LogP contribution in [-0.2, 0) is 4.74 Å². The summed E-state index contributed by atoms with van der Waals surface area (Å²) >= 11 is 0. The Balaban J connectivity index is 2.78. The van der Waals surface area contributed by atoms with Gasteiger partial charge in [0, 0.05) is 45.0 Å². The van der Waals surface area contributed by atoms with Crippen LogP contribution in [0.3, 0.4) is 0 Å². The highest BCUT2D eigenvalue weighted by Gasteiger charge is 2.11. The Morgan fingerprint density at radius 2 is 2.06 bits per heavy atom. The van der Waals surface area contributed by atoms with Crippen molar-refractivity contribution in [3.05, 3.63) is 29.8 Å². The quantitative estimate of drug-likeness (QED) is 0.537. The lowest BCUT2D eigenvalue weighted by Gasteiger charge is -2.21. The summed E-state index contributed by atoms with van der Waals surface area (Å²) in [6, 6.07) is 7.77. The van der Waals surface area contributed by atoms with Crippen molar-refractivity contribution in [2.45, 2.75) is 19.8 Å². The van der Waals surface area contributed by atoms with E-state index in [4.69, 9.17) is 4.74 Å². The summed E-state index contributed by atoms with van der Waals surface area (Å²) in [5, 5.41) is 0. The number of hydrogen-bond donors (Lipinski definition) is 0. The summed E-state index contributed by atoms with van der Waals surface area (Å²) in [7, 11) is 3.71. The molecule has 0 N–H and O–H groups in total. The third kappa shape index (κ3) is 3.86. The molecule has 94 valence electrons. The van der Waals surface area contributed by atoms with E-state index in [0.717, 1.165) is 30.8 Å². The maximum Gasteiger partial charge on any atom is 0.164 e. The topological polar surface area (TPSA) is 29.5 Å². The van der Waals surface area contributed by atoms with Crippen LogP contribution in [0.15, 0.2) is 24.3 Å². The van der Waals surface area contributed by atoms with Gasteiger partial charge in [0.25, 0.3) is 0 Å². The van der Waals surface area contributed by atoms with E-state index < -0.39 is 0 Å². The van der Waals surface area contributed by atoms with Gasteiger partial charge in [-0.25, -0.2) is 0 Å². The lowest BCUT2D eigenvalue weighted by molar-refractivity contribution is 0.0988. The Morgan fingerprint density at radius 1 is 1.35 bits per heavy atom. The number of ether oxygens (including phenoxy) is 1. The van der Waals surface area contributed by atoms with Gasteiger partial charge in [0.05, 0.1) is 0 Å². The number of Topliss-reactive ketones (excluding diaryl/α,β-unsaturated/α-hetero) is 1. The van der Waals surface area contributed by atoms with Gasteiger partial charge in [-0.05, 0) is 18.6 Å². The molecule has 3 nitrogen and oxygen atoms in total. The van der Waals surface area contributed by atoms with E-state index in [1.807, 2.05) is 38.2 Å². The van der Waals surface area contributed by atoms with Gasteiger partial charge in [-0.2, -0.15) is 0 Å². The zero-order valence-corrected chi connectivity index (χ0v) is 10.9. The number of hydrogen-bond acceptors (Lipinski definition) is 3. The van der Waals surface area contributed by atoms with Crippen LogP contribution in [0, 0.1) is 0 Å². The SMILES string of the molecule is CCC(=O)c1ccccc1N(C)CCCOC. The molecule has 0 unspecified atom stereocenters. The molecular formula is C14H21NO2. The van der Waals surface area contributed by atoms with Crippen molar-refractivity contribution in [1.29, 1.82) is 0 Å². The van der Waals surface area contributed by atoms with E-state index in [1.165, 1.54) is 0 Å². The molecule has 0 radical (unpaired) electrons. The second-order valence-corrected chi connectivity index (χ2v) is 4.06. The molecule has 1 aromatic carbocycles. The molecule has 3 heteroatoms. The zero-order chi connectivity index (χ0) is 12.7. The van der Waals surface area contributed by atoms with Crippen molar-refractivity contribution in [3.8, 4) is 0 Å². The monoisotopic (exact) mass is 235 g/mol. The van der Waals surface area contributed by atoms with Gasteiger partial charge in [-0.1, -0.05) is 19.1 Å². The Morgan fingerprint density at radius 3 is 2.71 bits per heavy atom. The third-order valence-electron chi connectivity index (χ3n) is 2.78. The molecular weight excluding hydrogens is 214 g/mol. The Bertz CT molecular complexity index is 363. The lowest BCUT2D eigenvalue weighted by atomic mass is 10.1. The van der Waals surface area contributed by atoms with Crippen molar-refractivity contribution in [3.63, 3.8) is 0 Å². The molecule has 0 aliphatic rings. The first-order chi connectivity index (χ1) is 8.20. The second kappa shape index (κ2) is 7.07. The Labute approximate surface area is 103 Å². The summed E-state index contributed by atoms with van der Waals surface area (Å²) in [5.74, 6) is 0.194. The van der Waals surface area contributed by atoms with Crippen LogP contribution in [0.25, 0.3) is 0 Å². The normalized spacial score (nSPS) is 10.3. The fourth-order valence-electron chi connectivity index (χ4n) is 1.80. The largest absolute Gasteiger partial charge is 0.385 e. The molecule has 0 heterocycles. The van der Waals surface area contributed by atoms with Crippen molar-refractivity contribution in [2.75, 3.05) is 32.2 Å². The van der Waals surface area contributed by atoms with Gasteiger partial charge in [0.1, 0.15) is 0 Å². The fourth-order valence-corrected chi connectivity index (χ4v) is 1.80. The van der Waals surface area contributed by atoms with E-state index in [1.54, 1.807) is 7.11 Å². The van der Waals surface area contributed by atoms with Gasteiger partial charge in [0.15, 0.2) is 5.78 Å².